The monoisotopic (exact) mass is 111 g/mol. The highest BCUT2D eigenvalue weighted by Gasteiger charge is 1.93. The van der Waals surface area contributed by atoms with Gasteiger partial charge in [-0.1, -0.05) is 0 Å². The zero-order valence-electron chi connectivity index (χ0n) is 4.59. The van der Waals surface area contributed by atoms with E-state index in [1.54, 1.807) is 25.5 Å². The fourth-order valence-electron chi connectivity index (χ4n) is 0.425. The highest BCUT2D eigenvalue weighted by Crippen LogP contribution is 1.92. The topological polar surface area (TPSA) is 35.4 Å². The van der Waals surface area contributed by atoms with Gasteiger partial charge in [0.2, 0.25) is 5.88 Å². The summed E-state index contributed by atoms with van der Waals surface area (Å²) in [6.07, 6.45) is 5.25. The van der Waals surface area contributed by atoms with Crippen molar-refractivity contribution in [2.24, 2.45) is 0 Å². The van der Waals surface area contributed by atoms with Crippen molar-refractivity contribution in [1.82, 2.24) is 10.9 Å². The van der Waals surface area contributed by atoms with E-state index in [9.17, 15) is 0 Å². The van der Waals surface area contributed by atoms with Crippen LogP contribution in [0.25, 0.3) is 0 Å². The van der Waals surface area contributed by atoms with Crippen LogP contribution >= 0.6 is 0 Å². The van der Waals surface area contributed by atoms with Gasteiger partial charge >= 0.3 is 0 Å². The van der Waals surface area contributed by atoms with E-state index in [0.29, 0.717) is 5.88 Å². The Kier molecular flexibility index (Phi) is 1.42. The fourth-order valence-corrected chi connectivity index (χ4v) is 0.425. The van der Waals surface area contributed by atoms with Gasteiger partial charge in [0, 0.05) is 12.3 Å². The molecule has 0 aromatic heterocycles. The molecule has 1 aliphatic heterocycles. The summed E-state index contributed by atoms with van der Waals surface area (Å²) in [5.41, 5.74) is 6.35. The fraction of sp³-hybridized carbons (Fsp3) is 0.200. The standard InChI is InChI=1S/C5H7N2O/c1-8-5-3-2-4-6-7-5/h2-4,7H,1H3. The van der Waals surface area contributed by atoms with Crippen LogP contribution in [0.2, 0.25) is 0 Å². The van der Waals surface area contributed by atoms with Crippen LogP contribution in [-0.2, 0) is 4.74 Å². The van der Waals surface area contributed by atoms with Crippen LogP contribution in [0.15, 0.2) is 24.2 Å². The second-order valence-electron chi connectivity index (χ2n) is 1.32. The lowest BCUT2D eigenvalue weighted by Gasteiger charge is -2.07. The molecule has 0 saturated carbocycles. The molecule has 1 heterocycles. The summed E-state index contributed by atoms with van der Waals surface area (Å²) >= 11 is 0. The number of hydrogen-bond donors (Lipinski definition) is 1. The van der Waals surface area contributed by atoms with Gasteiger partial charge in [-0.05, 0) is 6.08 Å². The maximum atomic E-state index is 4.80. The molecule has 0 aliphatic carbocycles. The van der Waals surface area contributed by atoms with Gasteiger partial charge in [-0.3, -0.25) is 0 Å². The number of ether oxygens (including phenoxy) is 1. The van der Waals surface area contributed by atoms with E-state index in [0.717, 1.165) is 0 Å². The predicted molar refractivity (Wildman–Crippen MR) is 29.5 cm³/mol. The molecule has 0 bridgehead atoms. The second-order valence-corrected chi connectivity index (χ2v) is 1.32. The molecular formula is C5H7N2O. The minimum atomic E-state index is 0.674. The summed E-state index contributed by atoms with van der Waals surface area (Å²) in [7, 11) is 1.59. The number of methoxy groups -OCH3 is 1. The number of nitrogens with zero attached hydrogens (tertiary/aromatic N) is 1. The molecule has 1 radical (unpaired) electrons. The largest absolute Gasteiger partial charge is 0.481 e. The zero-order chi connectivity index (χ0) is 5.82. The highest BCUT2D eigenvalue weighted by atomic mass is 16.5. The van der Waals surface area contributed by atoms with Gasteiger partial charge in [0.25, 0.3) is 0 Å². The third-order valence-electron chi connectivity index (χ3n) is 0.803. The van der Waals surface area contributed by atoms with Crippen molar-refractivity contribution >= 4 is 0 Å². The van der Waals surface area contributed by atoms with E-state index in [4.69, 9.17) is 4.74 Å². The predicted octanol–water partition coefficient (Wildman–Crippen LogP) is 0.110. The van der Waals surface area contributed by atoms with Crippen LogP contribution in [0.4, 0.5) is 0 Å². The van der Waals surface area contributed by atoms with Crippen LogP contribution in [-0.4, -0.2) is 7.11 Å². The minimum absolute atomic E-state index is 0.674. The van der Waals surface area contributed by atoms with E-state index in [2.05, 4.69) is 10.9 Å². The van der Waals surface area contributed by atoms with Gasteiger partial charge in [-0.25, -0.2) is 5.43 Å². The van der Waals surface area contributed by atoms with Crippen molar-refractivity contribution in [3.8, 4) is 0 Å². The lowest BCUT2D eigenvalue weighted by molar-refractivity contribution is 0.251. The van der Waals surface area contributed by atoms with Crippen LogP contribution in [0, 0.1) is 0 Å². The molecule has 1 aliphatic rings. The molecule has 0 unspecified atom stereocenters. The molecule has 0 spiro atoms. The Hall–Kier alpha value is -1.12. The maximum Gasteiger partial charge on any atom is 0.207 e. The van der Waals surface area contributed by atoms with Crippen LogP contribution < -0.4 is 10.9 Å². The normalized spacial score (nSPS) is 15.9. The van der Waals surface area contributed by atoms with Crippen molar-refractivity contribution < 1.29 is 4.74 Å². The maximum absolute atomic E-state index is 4.80. The molecule has 0 fully saturated rings. The zero-order valence-corrected chi connectivity index (χ0v) is 4.59. The lowest BCUT2D eigenvalue weighted by atomic mass is 10.5. The second kappa shape index (κ2) is 2.26. The van der Waals surface area contributed by atoms with E-state index >= 15 is 0 Å². The molecular weight excluding hydrogens is 104 g/mol. The van der Waals surface area contributed by atoms with Gasteiger partial charge in [-0.2, -0.15) is 5.43 Å². The van der Waals surface area contributed by atoms with Crippen molar-refractivity contribution in [1.29, 1.82) is 0 Å². The Bertz CT molecular complexity index is 128. The van der Waals surface area contributed by atoms with Gasteiger partial charge in [0.1, 0.15) is 0 Å². The molecule has 0 saturated heterocycles. The van der Waals surface area contributed by atoms with Crippen molar-refractivity contribution in [3.63, 3.8) is 0 Å². The Balaban J connectivity index is 2.50. The van der Waals surface area contributed by atoms with Gasteiger partial charge < -0.3 is 4.74 Å². The highest BCUT2D eigenvalue weighted by molar-refractivity contribution is 5.08. The molecule has 0 amide bonds. The molecule has 1 rings (SSSR count). The van der Waals surface area contributed by atoms with E-state index in [1.165, 1.54) is 0 Å². The summed E-state index contributed by atoms with van der Waals surface area (Å²) in [4.78, 5) is 0. The first-order valence-electron chi connectivity index (χ1n) is 2.30. The molecule has 3 heteroatoms. The summed E-state index contributed by atoms with van der Waals surface area (Å²) in [5, 5.41) is 0. The summed E-state index contributed by atoms with van der Waals surface area (Å²) < 4.78 is 4.80. The number of allylic oxidation sites excluding steroid dienone is 2. The molecule has 8 heavy (non-hydrogen) atoms. The van der Waals surface area contributed by atoms with Crippen molar-refractivity contribution in [3.05, 3.63) is 24.2 Å². The Morgan fingerprint density at radius 1 is 1.75 bits per heavy atom. The van der Waals surface area contributed by atoms with Gasteiger partial charge in [-0.15, -0.1) is 0 Å². The third kappa shape index (κ3) is 0.932. The van der Waals surface area contributed by atoms with E-state index < -0.39 is 0 Å². The average Bonchev–Trinajstić information content (AvgIpc) is 1.90. The summed E-state index contributed by atoms with van der Waals surface area (Å²) in [5.74, 6) is 0.674. The number of hydrogen-bond acceptors (Lipinski definition) is 2. The minimum Gasteiger partial charge on any atom is -0.481 e. The molecule has 43 valence electrons. The summed E-state index contributed by atoms with van der Waals surface area (Å²) in [6, 6.07) is 0. The average molecular weight is 111 g/mol. The third-order valence-corrected chi connectivity index (χ3v) is 0.803. The number of rotatable bonds is 1. The molecule has 0 atom stereocenters. The SMILES string of the molecule is COC1=CC=C[N]N1. The Morgan fingerprint density at radius 3 is 3.00 bits per heavy atom. The lowest BCUT2D eigenvalue weighted by Crippen LogP contribution is -2.22. The van der Waals surface area contributed by atoms with Crippen molar-refractivity contribution in [2.45, 2.75) is 0 Å². The van der Waals surface area contributed by atoms with E-state index in [-0.39, 0.29) is 0 Å². The first kappa shape index (κ1) is 5.03. The smallest absolute Gasteiger partial charge is 0.207 e. The van der Waals surface area contributed by atoms with Crippen molar-refractivity contribution in [2.75, 3.05) is 7.11 Å². The Morgan fingerprint density at radius 2 is 2.62 bits per heavy atom. The first-order valence-corrected chi connectivity index (χ1v) is 2.30. The van der Waals surface area contributed by atoms with Crippen LogP contribution in [0.1, 0.15) is 0 Å². The molecule has 1 N–H and O–H groups in total. The first-order chi connectivity index (χ1) is 3.93. The number of nitrogens with one attached hydrogen (secondary N) is 1. The van der Waals surface area contributed by atoms with Crippen LogP contribution in [0.3, 0.4) is 0 Å². The molecule has 3 nitrogen and oxygen atoms in total. The van der Waals surface area contributed by atoms with Crippen LogP contribution in [0.5, 0.6) is 0 Å². The van der Waals surface area contributed by atoms with Gasteiger partial charge in [0.05, 0.1) is 7.11 Å². The molecule has 0 aromatic carbocycles. The van der Waals surface area contributed by atoms with Gasteiger partial charge in [0.15, 0.2) is 0 Å². The molecule has 0 aromatic rings. The quantitative estimate of drug-likeness (QED) is 0.521. The summed E-state index contributed by atoms with van der Waals surface area (Å²) in [6.45, 7) is 0. The Labute approximate surface area is 48.0 Å². The van der Waals surface area contributed by atoms with E-state index in [1.807, 2.05) is 0 Å².